The molecule has 2 rings (SSSR count). The predicted octanol–water partition coefficient (Wildman–Crippen LogP) is 3.42. The van der Waals surface area contributed by atoms with Crippen molar-refractivity contribution in [3.63, 3.8) is 0 Å². The first-order valence-electron chi connectivity index (χ1n) is 7.94. The van der Waals surface area contributed by atoms with Gasteiger partial charge >= 0.3 is 5.97 Å². The number of carbonyl (C=O) groups excluding carboxylic acids is 3. The highest BCUT2D eigenvalue weighted by Crippen LogP contribution is 2.15. The van der Waals surface area contributed by atoms with Gasteiger partial charge in [-0.2, -0.15) is 0 Å². The van der Waals surface area contributed by atoms with Crippen molar-refractivity contribution in [2.75, 3.05) is 5.32 Å². The van der Waals surface area contributed by atoms with E-state index in [9.17, 15) is 14.4 Å². The zero-order valence-electron chi connectivity index (χ0n) is 14.3. The number of carbonyl (C=O) groups is 3. The largest absolute Gasteiger partial charge is 0.454 e. The van der Waals surface area contributed by atoms with Gasteiger partial charge in [-0.05, 0) is 32.4 Å². The normalized spacial score (nSPS) is 11.7. The summed E-state index contributed by atoms with van der Waals surface area (Å²) in [6.45, 7) is 3.29. The van der Waals surface area contributed by atoms with Gasteiger partial charge < -0.3 is 10.1 Å². The average molecular weight is 396 g/mol. The number of ether oxygens (including phenoxy) is 1. The number of esters is 1. The van der Waals surface area contributed by atoms with E-state index in [1.807, 2.05) is 0 Å². The SMILES string of the molecule is Cc1nnc(NC(=O)CCCC(=O)O[C@H](C)C(=O)c2cccc(Cl)c2)s1. The van der Waals surface area contributed by atoms with E-state index in [-0.39, 0.29) is 24.5 Å². The molecule has 0 saturated heterocycles. The van der Waals surface area contributed by atoms with Crippen molar-refractivity contribution in [1.82, 2.24) is 10.2 Å². The summed E-state index contributed by atoms with van der Waals surface area (Å²) in [6, 6.07) is 6.44. The molecule has 1 aromatic carbocycles. The van der Waals surface area contributed by atoms with Crippen LogP contribution in [0.4, 0.5) is 5.13 Å². The maximum atomic E-state index is 12.2. The number of ketones is 1. The summed E-state index contributed by atoms with van der Waals surface area (Å²) in [5.74, 6) is -1.12. The molecule has 0 fully saturated rings. The van der Waals surface area contributed by atoms with Gasteiger partial charge in [0.15, 0.2) is 6.10 Å². The van der Waals surface area contributed by atoms with Gasteiger partial charge in [0, 0.05) is 23.4 Å². The van der Waals surface area contributed by atoms with Gasteiger partial charge in [0.25, 0.3) is 0 Å². The fraction of sp³-hybridized carbons (Fsp3) is 0.353. The van der Waals surface area contributed by atoms with Crippen LogP contribution in [0.3, 0.4) is 0 Å². The highest BCUT2D eigenvalue weighted by Gasteiger charge is 2.19. The lowest BCUT2D eigenvalue weighted by Gasteiger charge is -2.12. The second kappa shape index (κ2) is 9.40. The third-order valence-electron chi connectivity index (χ3n) is 3.34. The van der Waals surface area contributed by atoms with Crippen molar-refractivity contribution in [2.24, 2.45) is 0 Å². The topological polar surface area (TPSA) is 98.2 Å². The molecular weight excluding hydrogens is 378 g/mol. The highest BCUT2D eigenvalue weighted by molar-refractivity contribution is 7.15. The van der Waals surface area contributed by atoms with E-state index in [0.29, 0.717) is 22.1 Å². The lowest BCUT2D eigenvalue weighted by molar-refractivity contribution is -0.146. The Balaban J connectivity index is 1.72. The van der Waals surface area contributed by atoms with E-state index in [2.05, 4.69) is 15.5 Å². The quantitative estimate of drug-likeness (QED) is 0.543. The number of rotatable bonds is 8. The maximum Gasteiger partial charge on any atom is 0.306 e. The molecule has 9 heteroatoms. The Morgan fingerprint density at radius 1 is 1.27 bits per heavy atom. The summed E-state index contributed by atoms with van der Waals surface area (Å²) in [7, 11) is 0. The van der Waals surface area contributed by atoms with Crippen LogP contribution in [0.25, 0.3) is 0 Å². The maximum absolute atomic E-state index is 12.2. The van der Waals surface area contributed by atoms with Crippen molar-refractivity contribution in [1.29, 1.82) is 0 Å². The number of Topliss-reactive ketones (excluding diaryl/α,β-unsaturated/α-hetero) is 1. The van der Waals surface area contributed by atoms with Crippen molar-refractivity contribution < 1.29 is 19.1 Å². The zero-order valence-corrected chi connectivity index (χ0v) is 15.9. The Hall–Kier alpha value is -2.32. The Kier molecular flexibility index (Phi) is 7.23. The molecule has 7 nitrogen and oxygen atoms in total. The molecule has 0 saturated carbocycles. The summed E-state index contributed by atoms with van der Waals surface area (Å²) in [4.78, 5) is 35.8. The van der Waals surface area contributed by atoms with Crippen LogP contribution in [0.5, 0.6) is 0 Å². The number of benzene rings is 1. The van der Waals surface area contributed by atoms with E-state index >= 15 is 0 Å². The zero-order chi connectivity index (χ0) is 19.1. The first-order chi connectivity index (χ1) is 12.3. The van der Waals surface area contributed by atoms with Crippen molar-refractivity contribution in [3.8, 4) is 0 Å². The van der Waals surface area contributed by atoms with E-state index in [1.54, 1.807) is 25.1 Å². The third-order valence-corrected chi connectivity index (χ3v) is 4.33. The molecule has 1 N–H and O–H groups in total. The van der Waals surface area contributed by atoms with Crippen LogP contribution in [0.2, 0.25) is 5.02 Å². The van der Waals surface area contributed by atoms with E-state index in [1.165, 1.54) is 24.3 Å². The monoisotopic (exact) mass is 395 g/mol. The fourth-order valence-corrected chi connectivity index (χ4v) is 2.91. The summed E-state index contributed by atoms with van der Waals surface area (Å²) < 4.78 is 5.13. The number of aryl methyl sites for hydroxylation is 1. The number of anilines is 1. The molecule has 0 bridgehead atoms. The molecule has 0 unspecified atom stereocenters. The van der Waals surface area contributed by atoms with Gasteiger partial charge in [0.1, 0.15) is 5.01 Å². The lowest BCUT2D eigenvalue weighted by atomic mass is 10.1. The van der Waals surface area contributed by atoms with Gasteiger partial charge in [0.2, 0.25) is 16.8 Å². The van der Waals surface area contributed by atoms with Gasteiger partial charge in [0.05, 0.1) is 0 Å². The minimum Gasteiger partial charge on any atom is -0.454 e. The first kappa shape index (κ1) is 20.0. The van der Waals surface area contributed by atoms with Crippen molar-refractivity contribution in [3.05, 3.63) is 39.9 Å². The number of halogens is 1. The molecule has 1 aromatic heterocycles. The van der Waals surface area contributed by atoms with Crippen LogP contribution < -0.4 is 5.32 Å². The molecule has 0 spiro atoms. The molecular formula is C17H18ClN3O4S. The number of nitrogens with one attached hydrogen (secondary N) is 1. The van der Waals surface area contributed by atoms with E-state index in [4.69, 9.17) is 16.3 Å². The Morgan fingerprint density at radius 3 is 2.69 bits per heavy atom. The second-order valence-corrected chi connectivity index (χ2v) is 7.15. The fourth-order valence-electron chi connectivity index (χ4n) is 2.11. The first-order valence-corrected chi connectivity index (χ1v) is 9.14. The number of nitrogens with zero attached hydrogens (tertiary/aromatic N) is 2. The Morgan fingerprint density at radius 2 is 2.04 bits per heavy atom. The molecule has 1 amide bonds. The highest BCUT2D eigenvalue weighted by atomic mass is 35.5. The number of hydrogen-bond acceptors (Lipinski definition) is 7. The minimum atomic E-state index is -0.917. The predicted molar refractivity (Wildman–Crippen MR) is 98.5 cm³/mol. The molecule has 0 aliphatic carbocycles. The van der Waals surface area contributed by atoms with E-state index < -0.39 is 12.1 Å². The molecule has 0 aliphatic rings. The summed E-state index contributed by atoms with van der Waals surface area (Å²) in [6.07, 6.45) is -0.431. The number of hydrogen-bond donors (Lipinski definition) is 1. The van der Waals surface area contributed by atoms with Gasteiger partial charge in [-0.15, -0.1) is 10.2 Å². The summed E-state index contributed by atoms with van der Waals surface area (Å²) in [5, 5.41) is 11.8. The molecule has 1 atom stereocenters. The molecule has 26 heavy (non-hydrogen) atoms. The number of aromatic nitrogens is 2. The van der Waals surface area contributed by atoms with Gasteiger partial charge in [-0.1, -0.05) is 35.1 Å². The van der Waals surface area contributed by atoms with Crippen molar-refractivity contribution in [2.45, 2.75) is 39.2 Å². The van der Waals surface area contributed by atoms with Crippen LogP contribution in [0, 0.1) is 6.92 Å². The third kappa shape index (κ3) is 6.20. The van der Waals surface area contributed by atoms with Crippen LogP contribution in [0.15, 0.2) is 24.3 Å². The van der Waals surface area contributed by atoms with Gasteiger partial charge in [-0.25, -0.2) is 0 Å². The van der Waals surface area contributed by atoms with Crippen LogP contribution in [-0.4, -0.2) is 34.0 Å². The molecule has 0 aliphatic heterocycles. The molecule has 1 heterocycles. The Bertz CT molecular complexity index is 809. The lowest BCUT2D eigenvalue weighted by Crippen LogP contribution is -2.24. The van der Waals surface area contributed by atoms with Gasteiger partial charge in [-0.3, -0.25) is 14.4 Å². The molecule has 2 aromatic rings. The standard InChI is InChI=1S/C17H18ClN3O4S/c1-10(16(24)12-5-3-6-13(18)9-12)25-15(23)8-4-7-14(22)19-17-21-20-11(2)26-17/h3,5-6,9-10H,4,7-8H2,1-2H3,(H,19,21,22)/t10-/m1/s1. The van der Waals surface area contributed by atoms with Crippen molar-refractivity contribution >= 4 is 45.7 Å². The summed E-state index contributed by atoms with van der Waals surface area (Å²) >= 11 is 7.13. The summed E-state index contributed by atoms with van der Waals surface area (Å²) in [5.41, 5.74) is 0.379. The van der Waals surface area contributed by atoms with Crippen LogP contribution in [0.1, 0.15) is 41.6 Å². The van der Waals surface area contributed by atoms with Crippen LogP contribution in [-0.2, 0) is 14.3 Å². The Labute approximate surface area is 159 Å². The second-order valence-electron chi connectivity index (χ2n) is 5.53. The van der Waals surface area contributed by atoms with E-state index in [0.717, 1.165) is 5.01 Å². The molecule has 138 valence electrons. The number of amides is 1. The van der Waals surface area contributed by atoms with Crippen LogP contribution >= 0.6 is 22.9 Å². The average Bonchev–Trinajstić information content (AvgIpc) is 2.98. The minimum absolute atomic E-state index is 0.0374. The molecule has 0 radical (unpaired) electrons. The smallest absolute Gasteiger partial charge is 0.306 e.